The first kappa shape index (κ1) is 9.39. The van der Waals surface area contributed by atoms with E-state index in [1.165, 1.54) is 0 Å². The highest BCUT2D eigenvalue weighted by molar-refractivity contribution is 5.54. The number of benzene rings is 1. The van der Waals surface area contributed by atoms with Crippen molar-refractivity contribution in [2.45, 2.75) is 25.7 Å². The van der Waals surface area contributed by atoms with Crippen molar-refractivity contribution in [1.29, 1.82) is 0 Å². The van der Waals surface area contributed by atoms with E-state index in [0.717, 1.165) is 22.4 Å². The van der Waals surface area contributed by atoms with Crippen LogP contribution in [0.2, 0.25) is 0 Å². The zero-order valence-corrected chi connectivity index (χ0v) is 8.85. The van der Waals surface area contributed by atoms with Crippen LogP contribution in [-0.2, 0) is 0 Å². The summed E-state index contributed by atoms with van der Waals surface area (Å²) in [5, 5.41) is 0. The molecule has 4 nitrogen and oxygen atoms in total. The van der Waals surface area contributed by atoms with Crippen molar-refractivity contribution in [3.8, 4) is 0 Å². The van der Waals surface area contributed by atoms with Crippen LogP contribution in [0, 0.1) is 9.81 Å². The van der Waals surface area contributed by atoms with Gasteiger partial charge in [0.2, 0.25) is 0 Å². The third kappa shape index (κ3) is 1.16. The first-order chi connectivity index (χ1) is 7.79. The van der Waals surface area contributed by atoms with Crippen molar-refractivity contribution >= 4 is 11.4 Å². The summed E-state index contributed by atoms with van der Waals surface area (Å²) in [6, 6.07) is 6.97. The molecule has 0 aromatic heterocycles. The van der Waals surface area contributed by atoms with Crippen LogP contribution in [0.3, 0.4) is 0 Å². The van der Waals surface area contributed by atoms with E-state index >= 15 is 0 Å². The summed E-state index contributed by atoms with van der Waals surface area (Å²) in [7, 11) is 0. The van der Waals surface area contributed by atoms with E-state index < -0.39 is 0 Å². The normalized spacial score (nSPS) is 19.5. The summed E-state index contributed by atoms with van der Waals surface area (Å²) < 4.78 is 1.86. The lowest BCUT2D eigenvalue weighted by Crippen LogP contribution is -2.20. The largest absolute Gasteiger partial charge is 0.339 e. The smallest absolute Gasteiger partial charge is 0.0549 e. The highest BCUT2D eigenvalue weighted by Crippen LogP contribution is 2.41. The van der Waals surface area contributed by atoms with Crippen LogP contribution in [0.25, 0.3) is 0 Å². The second-order valence-electron chi connectivity index (χ2n) is 4.18. The van der Waals surface area contributed by atoms with Gasteiger partial charge in [-0.05, 0) is 12.8 Å². The Morgan fingerprint density at radius 3 is 1.69 bits per heavy atom. The Hall–Kier alpha value is -1.84. The number of allylic oxidation sites excluding steroid dienone is 2. The predicted molar refractivity (Wildman–Crippen MR) is 58.5 cm³/mol. The molecule has 1 aromatic rings. The maximum atomic E-state index is 12.1. The monoisotopic (exact) mass is 216 g/mol. The SMILES string of the molecule is O=[N+]1C2=C(CCCC2)[N+](=O)c2ccccc21. The zero-order chi connectivity index (χ0) is 11.1. The van der Waals surface area contributed by atoms with Crippen LogP contribution >= 0.6 is 0 Å². The van der Waals surface area contributed by atoms with Gasteiger partial charge in [-0.2, -0.15) is 0 Å². The van der Waals surface area contributed by atoms with Gasteiger partial charge < -0.3 is 0 Å². The summed E-state index contributed by atoms with van der Waals surface area (Å²) in [6.45, 7) is 0. The number of para-hydroxylation sites is 2. The molecule has 1 aliphatic carbocycles. The van der Waals surface area contributed by atoms with Crippen molar-refractivity contribution in [3.05, 3.63) is 45.5 Å². The lowest BCUT2D eigenvalue weighted by Gasteiger charge is -2.10. The van der Waals surface area contributed by atoms with Gasteiger partial charge in [0.25, 0.3) is 0 Å². The van der Waals surface area contributed by atoms with Gasteiger partial charge in [0.15, 0.2) is 0 Å². The van der Waals surface area contributed by atoms with Gasteiger partial charge in [-0.3, -0.25) is 0 Å². The Morgan fingerprint density at radius 1 is 0.812 bits per heavy atom. The Balaban J connectivity index is 2.22. The van der Waals surface area contributed by atoms with E-state index in [1.54, 1.807) is 24.3 Å². The quantitative estimate of drug-likeness (QED) is 0.624. The number of fused-ring (bicyclic) bond motifs is 1. The van der Waals surface area contributed by atoms with Crippen molar-refractivity contribution in [2.75, 3.05) is 0 Å². The van der Waals surface area contributed by atoms with Crippen LogP contribution < -0.4 is 0 Å². The molecule has 1 heterocycles. The lowest BCUT2D eigenvalue weighted by molar-refractivity contribution is -0.494. The molecule has 1 aromatic carbocycles. The molecule has 0 N–H and O–H groups in total. The summed E-state index contributed by atoms with van der Waals surface area (Å²) in [5.41, 5.74) is 2.25. The van der Waals surface area contributed by atoms with Gasteiger partial charge in [0.05, 0.1) is 9.52 Å². The van der Waals surface area contributed by atoms with E-state index in [-0.39, 0.29) is 0 Å². The maximum absolute atomic E-state index is 12.1. The molecule has 1 aliphatic heterocycles. The van der Waals surface area contributed by atoms with Crippen molar-refractivity contribution < 1.29 is 9.52 Å². The van der Waals surface area contributed by atoms with Gasteiger partial charge in [0, 0.05) is 34.8 Å². The summed E-state index contributed by atoms with van der Waals surface area (Å²) in [6.07, 6.45) is 3.42. The van der Waals surface area contributed by atoms with Crippen LogP contribution in [0.15, 0.2) is 35.7 Å². The van der Waals surface area contributed by atoms with Gasteiger partial charge in [-0.1, -0.05) is 12.1 Å². The van der Waals surface area contributed by atoms with Gasteiger partial charge >= 0.3 is 22.8 Å². The molecule has 2 aliphatic rings. The molecule has 0 radical (unpaired) electrons. The van der Waals surface area contributed by atoms with Crippen LogP contribution in [-0.4, -0.2) is 9.52 Å². The fourth-order valence-corrected chi connectivity index (χ4v) is 2.41. The van der Waals surface area contributed by atoms with Crippen molar-refractivity contribution in [2.24, 2.45) is 0 Å². The molecule has 0 saturated heterocycles. The highest BCUT2D eigenvalue weighted by atomic mass is 16.3. The predicted octanol–water partition coefficient (Wildman–Crippen LogP) is 3.31. The number of nitrogens with zero attached hydrogens (tertiary/aromatic N) is 2. The minimum Gasteiger partial charge on any atom is -0.0549 e. The zero-order valence-electron chi connectivity index (χ0n) is 8.85. The lowest BCUT2D eigenvalue weighted by atomic mass is 9.98. The molecule has 0 atom stereocenters. The average molecular weight is 216 g/mol. The molecule has 16 heavy (non-hydrogen) atoms. The maximum Gasteiger partial charge on any atom is 0.339 e. The Bertz CT molecular complexity index is 485. The van der Waals surface area contributed by atoms with Crippen LogP contribution in [0.4, 0.5) is 11.4 Å². The van der Waals surface area contributed by atoms with Gasteiger partial charge in [-0.15, -0.1) is 0 Å². The molecular weight excluding hydrogens is 204 g/mol. The fraction of sp³-hybridized carbons (Fsp3) is 0.333. The van der Waals surface area contributed by atoms with Crippen molar-refractivity contribution in [3.63, 3.8) is 0 Å². The minimum absolute atomic E-state index is 0.471. The fourth-order valence-electron chi connectivity index (χ4n) is 2.41. The summed E-state index contributed by atoms with van der Waals surface area (Å²) >= 11 is 0. The van der Waals surface area contributed by atoms with E-state index in [4.69, 9.17) is 0 Å². The molecule has 0 spiro atoms. The molecular formula is C12H12N2O2+2. The highest BCUT2D eigenvalue weighted by Gasteiger charge is 2.47. The van der Waals surface area contributed by atoms with E-state index in [1.807, 2.05) is 0 Å². The average Bonchev–Trinajstić information content (AvgIpc) is 2.36. The number of hydrogen-bond donors (Lipinski definition) is 0. The molecule has 80 valence electrons. The number of nitroso groups, excluding NO2 is 2. The van der Waals surface area contributed by atoms with Crippen LogP contribution in [0.5, 0.6) is 0 Å². The number of rotatable bonds is 0. The van der Waals surface area contributed by atoms with E-state index in [9.17, 15) is 9.81 Å². The summed E-state index contributed by atoms with van der Waals surface area (Å²) in [5.74, 6) is 0. The Labute approximate surface area is 92.7 Å². The van der Waals surface area contributed by atoms with Gasteiger partial charge in [-0.25, -0.2) is 0 Å². The standard InChI is InChI=1S/C12H12N2O2/c15-13-9-5-1-2-6-10(9)14(16)12-8-4-3-7-11(12)13/h1-2,5-6H,3-4,7-8H2/q+2. The Morgan fingerprint density at radius 2 is 1.25 bits per heavy atom. The van der Waals surface area contributed by atoms with E-state index in [0.29, 0.717) is 35.6 Å². The van der Waals surface area contributed by atoms with Gasteiger partial charge in [0.1, 0.15) is 0 Å². The molecule has 0 amide bonds. The number of hydrogen-bond acceptors (Lipinski definition) is 2. The molecule has 0 unspecified atom stereocenters. The van der Waals surface area contributed by atoms with Crippen LogP contribution in [0.1, 0.15) is 25.7 Å². The molecule has 4 heteroatoms. The summed E-state index contributed by atoms with van der Waals surface area (Å²) in [4.78, 5) is 24.2. The molecule has 3 rings (SSSR count). The molecule has 0 bridgehead atoms. The second-order valence-corrected chi connectivity index (χ2v) is 4.18. The first-order valence-corrected chi connectivity index (χ1v) is 5.54. The minimum atomic E-state index is 0.471. The third-order valence-corrected chi connectivity index (χ3v) is 3.22. The molecule has 0 saturated carbocycles. The van der Waals surface area contributed by atoms with E-state index in [2.05, 4.69) is 0 Å². The third-order valence-electron chi connectivity index (χ3n) is 3.22. The molecule has 0 fully saturated rings. The van der Waals surface area contributed by atoms with Crippen molar-refractivity contribution in [1.82, 2.24) is 0 Å². The second kappa shape index (κ2) is 3.33. The topological polar surface area (TPSA) is 40.2 Å². The first-order valence-electron chi connectivity index (χ1n) is 5.54. The Kier molecular flexibility index (Phi) is 1.96.